The van der Waals surface area contributed by atoms with Crippen LogP contribution in [0.3, 0.4) is 0 Å². The molecule has 0 aliphatic carbocycles. The van der Waals surface area contributed by atoms with Gasteiger partial charge in [0.15, 0.2) is 0 Å². The molecular formula is C23H25N3O2. The van der Waals surface area contributed by atoms with E-state index in [1.807, 2.05) is 36.4 Å². The summed E-state index contributed by atoms with van der Waals surface area (Å²) in [6.07, 6.45) is 4.10. The van der Waals surface area contributed by atoms with E-state index in [1.54, 1.807) is 24.4 Å². The fraction of sp³-hybridized carbons (Fsp3) is 0.348. The minimum atomic E-state index is -0.536. The lowest BCUT2D eigenvalue weighted by Crippen LogP contribution is -2.45. The summed E-state index contributed by atoms with van der Waals surface area (Å²) in [7, 11) is 0. The Hall–Kier alpha value is -2.79. The molecule has 0 N–H and O–H groups in total. The number of fused-ring (bicyclic) bond motifs is 1. The molecule has 4 rings (SSSR count). The van der Waals surface area contributed by atoms with E-state index in [9.17, 15) is 9.59 Å². The van der Waals surface area contributed by atoms with Gasteiger partial charge in [-0.25, -0.2) is 4.90 Å². The topological polar surface area (TPSA) is 53.0 Å². The quantitative estimate of drug-likeness (QED) is 0.594. The van der Waals surface area contributed by atoms with Crippen LogP contribution in [0.5, 0.6) is 0 Å². The van der Waals surface area contributed by atoms with Gasteiger partial charge in [-0.05, 0) is 49.7 Å². The molecule has 2 aromatic rings. The van der Waals surface area contributed by atoms with Gasteiger partial charge >= 0.3 is 0 Å². The van der Waals surface area contributed by atoms with Crippen molar-refractivity contribution in [3.63, 3.8) is 0 Å². The number of imide groups is 1. The number of amides is 2. The lowest BCUT2D eigenvalue weighted by molar-refractivity contribution is -0.118. The normalized spacial score (nSPS) is 22.8. The molecule has 0 aromatic heterocycles. The van der Waals surface area contributed by atoms with Crippen LogP contribution in [0.15, 0.2) is 59.6 Å². The van der Waals surface area contributed by atoms with E-state index in [4.69, 9.17) is 0 Å². The molecule has 2 aliphatic rings. The van der Waals surface area contributed by atoms with Crippen molar-refractivity contribution >= 4 is 23.7 Å². The summed E-state index contributed by atoms with van der Waals surface area (Å²) in [5, 5.41) is 0. The molecule has 0 saturated carbocycles. The number of para-hydroxylation sites is 1. The van der Waals surface area contributed by atoms with E-state index in [2.05, 4.69) is 16.8 Å². The van der Waals surface area contributed by atoms with Gasteiger partial charge in [0.1, 0.15) is 0 Å². The zero-order valence-corrected chi connectivity index (χ0v) is 16.1. The van der Waals surface area contributed by atoms with E-state index >= 15 is 0 Å². The fourth-order valence-electron chi connectivity index (χ4n) is 4.23. The van der Waals surface area contributed by atoms with Crippen molar-refractivity contribution in [3.8, 4) is 0 Å². The highest BCUT2D eigenvalue weighted by Crippen LogP contribution is 2.31. The number of likely N-dealkylation sites (N-methyl/N-ethyl adjacent to an activating group) is 1. The van der Waals surface area contributed by atoms with E-state index in [0.717, 1.165) is 25.1 Å². The van der Waals surface area contributed by atoms with Gasteiger partial charge in [-0.15, -0.1) is 0 Å². The molecule has 2 atom stereocenters. The number of hydrogen-bond acceptors (Lipinski definition) is 4. The average Bonchev–Trinajstić information content (AvgIpc) is 3.19. The lowest BCUT2D eigenvalue weighted by atomic mass is 9.89. The molecule has 2 amide bonds. The maximum absolute atomic E-state index is 13.3. The van der Waals surface area contributed by atoms with Crippen molar-refractivity contribution in [3.05, 3.63) is 65.7 Å². The van der Waals surface area contributed by atoms with Crippen LogP contribution in [0.2, 0.25) is 0 Å². The molecule has 2 heterocycles. The number of rotatable bonds is 5. The molecule has 28 heavy (non-hydrogen) atoms. The number of likely N-dealkylation sites (tertiary alicyclic amines) is 1. The first-order valence-electron chi connectivity index (χ1n) is 9.97. The van der Waals surface area contributed by atoms with Crippen LogP contribution in [0.4, 0.5) is 5.69 Å². The Morgan fingerprint density at radius 1 is 1.07 bits per heavy atom. The standard InChI is InChI=1S/C23H25N3O2/c1-2-25-14-8-11-18(25)15-24-16-21-19-12-6-7-13-20(19)22(27)26(23(21)28)17-9-4-3-5-10-17/h3-7,9-10,12-13,16,18,21H,2,8,11,14-15H2,1H3/t18-,21?/m0/s1. The Morgan fingerprint density at radius 3 is 2.61 bits per heavy atom. The predicted octanol–water partition coefficient (Wildman–Crippen LogP) is 3.51. The Bertz CT molecular complexity index is 894. The first-order valence-corrected chi connectivity index (χ1v) is 9.97. The second-order valence-electron chi connectivity index (χ2n) is 7.32. The molecule has 0 radical (unpaired) electrons. The van der Waals surface area contributed by atoms with Gasteiger partial charge < -0.3 is 0 Å². The summed E-state index contributed by atoms with van der Waals surface area (Å²) in [5.41, 5.74) is 1.91. The first-order chi connectivity index (χ1) is 13.7. The van der Waals surface area contributed by atoms with Crippen molar-refractivity contribution < 1.29 is 9.59 Å². The monoisotopic (exact) mass is 375 g/mol. The summed E-state index contributed by atoms with van der Waals surface area (Å²) >= 11 is 0. The van der Waals surface area contributed by atoms with Crippen LogP contribution in [0, 0.1) is 0 Å². The van der Waals surface area contributed by atoms with Gasteiger partial charge in [0.2, 0.25) is 5.91 Å². The fourth-order valence-corrected chi connectivity index (χ4v) is 4.23. The Balaban J connectivity index is 1.63. The molecule has 2 aromatic carbocycles. The molecule has 1 fully saturated rings. The number of nitrogens with zero attached hydrogens (tertiary/aromatic N) is 3. The summed E-state index contributed by atoms with van der Waals surface area (Å²) in [4.78, 5) is 34.6. The van der Waals surface area contributed by atoms with E-state index in [-0.39, 0.29) is 11.8 Å². The van der Waals surface area contributed by atoms with Crippen LogP contribution in [-0.2, 0) is 4.79 Å². The molecule has 0 bridgehead atoms. The molecule has 1 saturated heterocycles. The number of benzene rings is 2. The lowest BCUT2D eigenvalue weighted by Gasteiger charge is -2.31. The van der Waals surface area contributed by atoms with Crippen molar-refractivity contribution in [2.45, 2.75) is 31.7 Å². The summed E-state index contributed by atoms with van der Waals surface area (Å²) in [6, 6.07) is 16.9. The molecule has 2 aliphatic heterocycles. The third-order valence-corrected chi connectivity index (χ3v) is 5.71. The van der Waals surface area contributed by atoms with Crippen LogP contribution >= 0.6 is 0 Å². The molecule has 0 spiro atoms. The van der Waals surface area contributed by atoms with E-state index < -0.39 is 5.92 Å². The molecule has 5 nitrogen and oxygen atoms in total. The van der Waals surface area contributed by atoms with Gasteiger partial charge in [0, 0.05) is 17.8 Å². The smallest absolute Gasteiger partial charge is 0.265 e. The Morgan fingerprint density at radius 2 is 1.82 bits per heavy atom. The van der Waals surface area contributed by atoms with Crippen LogP contribution in [-0.4, -0.2) is 48.6 Å². The minimum Gasteiger partial charge on any atom is -0.299 e. The van der Waals surface area contributed by atoms with Gasteiger partial charge in [-0.1, -0.05) is 43.3 Å². The zero-order valence-electron chi connectivity index (χ0n) is 16.1. The number of carbonyl (C=O) groups is 2. The number of carbonyl (C=O) groups excluding carboxylic acids is 2. The SMILES string of the molecule is CCN1CCC[C@H]1CN=CC1C(=O)N(c2ccccc2)C(=O)c2ccccc21. The van der Waals surface area contributed by atoms with Crippen LogP contribution < -0.4 is 4.90 Å². The van der Waals surface area contributed by atoms with Gasteiger partial charge in [-0.2, -0.15) is 0 Å². The molecule has 5 heteroatoms. The second-order valence-corrected chi connectivity index (χ2v) is 7.32. The first kappa shape index (κ1) is 18.6. The average molecular weight is 375 g/mol. The second kappa shape index (κ2) is 8.07. The maximum atomic E-state index is 13.3. The van der Waals surface area contributed by atoms with Crippen molar-refractivity contribution in [1.29, 1.82) is 0 Å². The molecular weight excluding hydrogens is 350 g/mol. The zero-order chi connectivity index (χ0) is 19.5. The maximum Gasteiger partial charge on any atom is 0.265 e. The van der Waals surface area contributed by atoms with Crippen LogP contribution in [0.25, 0.3) is 0 Å². The third-order valence-electron chi connectivity index (χ3n) is 5.71. The van der Waals surface area contributed by atoms with E-state index in [1.165, 1.54) is 11.3 Å². The van der Waals surface area contributed by atoms with Crippen LogP contribution in [0.1, 0.15) is 41.6 Å². The predicted molar refractivity (Wildman–Crippen MR) is 111 cm³/mol. The minimum absolute atomic E-state index is 0.239. The Kier molecular flexibility index (Phi) is 5.35. The third kappa shape index (κ3) is 3.38. The highest BCUT2D eigenvalue weighted by Gasteiger charge is 2.38. The molecule has 144 valence electrons. The summed E-state index contributed by atoms with van der Waals surface area (Å²) in [5.74, 6) is -1.05. The van der Waals surface area contributed by atoms with Crippen molar-refractivity contribution in [1.82, 2.24) is 4.90 Å². The highest BCUT2D eigenvalue weighted by molar-refractivity contribution is 6.29. The van der Waals surface area contributed by atoms with E-state index in [0.29, 0.717) is 23.8 Å². The molecule has 1 unspecified atom stereocenters. The van der Waals surface area contributed by atoms with Gasteiger partial charge in [0.05, 0.1) is 18.2 Å². The largest absolute Gasteiger partial charge is 0.299 e. The number of aliphatic imine (C=N–C) groups is 1. The number of anilines is 1. The number of hydrogen-bond donors (Lipinski definition) is 0. The summed E-state index contributed by atoms with van der Waals surface area (Å²) in [6.45, 7) is 5.02. The Labute approximate surface area is 165 Å². The van der Waals surface area contributed by atoms with Gasteiger partial charge in [-0.3, -0.25) is 19.5 Å². The van der Waals surface area contributed by atoms with Crippen molar-refractivity contribution in [2.24, 2.45) is 4.99 Å². The highest BCUT2D eigenvalue weighted by atomic mass is 16.2. The van der Waals surface area contributed by atoms with Gasteiger partial charge in [0.25, 0.3) is 5.91 Å². The summed E-state index contributed by atoms with van der Waals surface area (Å²) < 4.78 is 0. The van der Waals surface area contributed by atoms with Crippen molar-refractivity contribution in [2.75, 3.05) is 24.5 Å².